The van der Waals surface area contributed by atoms with Crippen LogP contribution in [-0.2, 0) is 4.79 Å². The number of carbonyl (C=O) groups excluding carboxylic acids is 1. The summed E-state index contributed by atoms with van der Waals surface area (Å²) in [7, 11) is 0. The summed E-state index contributed by atoms with van der Waals surface area (Å²) in [5, 5.41) is 25.6. The summed E-state index contributed by atoms with van der Waals surface area (Å²) >= 11 is 5.62. The number of nitrogens with zero attached hydrogens (tertiary/aromatic N) is 2. The highest BCUT2D eigenvalue weighted by Crippen LogP contribution is 2.29. The molecule has 0 spiro atoms. The predicted octanol–water partition coefficient (Wildman–Crippen LogP) is 0.792. The van der Waals surface area contributed by atoms with Crippen molar-refractivity contribution in [3.05, 3.63) is 32.8 Å². The smallest absolute Gasteiger partial charge is 0.263 e. The van der Waals surface area contributed by atoms with Gasteiger partial charge in [0.05, 0.1) is 11.1 Å². The van der Waals surface area contributed by atoms with Gasteiger partial charge in [-0.15, -0.1) is 0 Å². The molecule has 0 bridgehead atoms. The molecule has 0 unspecified atom stereocenters. The lowest BCUT2D eigenvalue weighted by molar-refractivity contribution is -0.398. The lowest BCUT2D eigenvalue weighted by Crippen LogP contribution is -2.12. The Labute approximate surface area is 101 Å². The van der Waals surface area contributed by atoms with Crippen molar-refractivity contribution in [3.63, 3.8) is 0 Å². The molecule has 8 heteroatoms. The van der Waals surface area contributed by atoms with Crippen LogP contribution in [0.2, 0.25) is 5.02 Å². The number of nitro benzene ring substituents is 1. The quantitative estimate of drug-likeness (QED) is 0.490. The first-order valence-electron chi connectivity index (χ1n) is 4.36. The summed E-state index contributed by atoms with van der Waals surface area (Å²) in [4.78, 5) is 20.2. The van der Waals surface area contributed by atoms with Gasteiger partial charge in [0.1, 0.15) is 0 Å². The second-order valence-electron chi connectivity index (χ2n) is 3.03. The first-order chi connectivity index (χ1) is 7.91. The van der Waals surface area contributed by atoms with E-state index in [-0.39, 0.29) is 10.6 Å². The summed E-state index contributed by atoms with van der Waals surface area (Å²) in [5.74, 6) is -1.24. The van der Waals surface area contributed by atoms with Gasteiger partial charge in [-0.3, -0.25) is 14.9 Å². The van der Waals surface area contributed by atoms with E-state index in [1.807, 2.05) is 0 Å². The molecular weight excluding hydrogens is 250 g/mol. The molecule has 1 aromatic carbocycles. The number of halogens is 1. The van der Waals surface area contributed by atoms with Crippen molar-refractivity contribution in [1.29, 1.82) is 0 Å². The number of hydrogen-bond donors (Lipinski definition) is 1. The zero-order chi connectivity index (χ0) is 13.0. The number of carbonyl (C=O) groups is 1. The van der Waals surface area contributed by atoms with Gasteiger partial charge in [-0.05, 0) is 17.4 Å². The Balaban J connectivity index is 3.11. The van der Waals surface area contributed by atoms with E-state index in [1.54, 1.807) is 0 Å². The third kappa shape index (κ3) is 3.42. The summed E-state index contributed by atoms with van der Waals surface area (Å²) in [6.07, 6.45) is 1.00. The molecular formula is C9H7ClN3O4-. The zero-order valence-electron chi connectivity index (χ0n) is 8.64. The maximum atomic E-state index is 11.5. The summed E-state index contributed by atoms with van der Waals surface area (Å²) in [6, 6.07) is 2.18. The van der Waals surface area contributed by atoms with E-state index in [4.69, 9.17) is 11.6 Å². The first kappa shape index (κ1) is 12.9. The second kappa shape index (κ2) is 5.26. The number of nitrogens with one attached hydrogen (secondary N) is 1. The number of amides is 1. The molecule has 0 aliphatic heterocycles. The minimum Gasteiger partial charge on any atom is -0.867 e. The second-order valence-corrected chi connectivity index (χ2v) is 3.46. The van der Waals surface area contributed by atoms with E-state index in [9.17, 15) is 20.0 Å². The summed E-state index contributed by atoms with van der Waals surface area (Å²) in [6.45, 7) is 1.23. The fraction of sp³-hybridized carbons (Fsp3) is 0.111. The van der Waals surface area contributed by atoms with Crippen molar-refractivity contribution < 1.29 is 14.8 Å². The molecule has 0 fully saturated rings. The molecule has 0 aliphatic rings. The molecule has 17 heavy (non-hydrogen) atoms. The van der Waals surface area contributed by atoms with E-state index in [0.29, 0.717) is 0 Å². The summed E-state index contributed by atoms with van der Waals surface area (Å²) in [5.41, 5.74) is 1.36. The minimum absolute atomic E-state index is 0.0422. The van der Waals surface area contributed by atoms with Crippen LogP contribution in [0, 0.1) is 10.1 Å². The number of benzene rings is 1. The molecule has 0 saturated carbocycles. The maximum Gasteiger partial charge on any atom is 0.263 e. The average molecular weight is 257 g/mol. The third-order valence-electron chi connectivity index (χ3n) is 1.69. The van der Waals surface area contributed by atoms with Crippen LogP contribution in [0.1, 0.15) is 12.5 Å². The van der Waals surface area contributed by atoms with Gasteiger partial charge in [0.2, 0.25) is 5.91 Å². The van der Waals surface area contributed by atoms with Crippen LogP contribution in [0.5, 0.6) is 5.75 Å². The lowest BCUT2D eigenvalue weighted by atomic mass is 10.2. The molecule has 1 amide bonds. The maximum absolute atomic E-state index is 11.5. The molecule has 1 rings (SSSR count). The predicted molar refractivity (Wildman–Crippen MR) is 59.0 cm³/mol. The summed E-state index contributed by atoms with van der Waals surface area (Å²) < 4.78 is 0. The van der Waals surface area contributed by atoms with Gasteiger partial charge in [-0.25, -0.2) is 5.43 Å². The van der Waals surface area contributed by atoms with Crippen molar-refractivity contribution in [2.24, 2.45) is 5.10 Å². The van der Waals surface area contributed by atoms with Crippen molar-refractivity contribution in [3.8, 4) is 5.75 Å². The molecule has 0 radical (unpaired) electrons. The van der Waals surface area contributed by atoms with Crippen LogP contribution in [0.15, 0.2) is 17.2 Å². The molecule has 90 valence electrons. The van der Waals surface area contributed by atoms with Crippen molar-refractivity contribution in [2.75, 3.05) is 0 Å². The lowest BCUT2D eigenvalue weighted by Gasteiger charge is -2.10. The van der Waals surface area contributed by atoms with Crippen LogP contribution in [0.3, 0.4) is 0 Å². The van der Waals surface area contributed by atoms with Gasteiger partial charge in [-0.1, -0.05) is 11.6 Å². The fourth-order valence-electron chi connectivity index (χ4n) is 1.02. The van der Waals surface area contributed by atoms with Crippen LogP contribution >= 0.6 is 11.6 Å². The fourth-order valence-corrected chi connectivity index (χ4v) is 1.24. The highest BCUT2D eigenvalue weighted by molar-refractivity contribution is 6.31. The first-order valence-corrected chi connectivity index (χ1v) is 4.74. The molecule has 0 atom stereocenters. The van der Waals surface area contributed by atoms with E-state index >= 15 is 0 Å². The number of nitro groups is 1. The Bertz CT molecular complexity index is 501. The number of rotatable bonds is 3. The van der Waals surface area contributed by atoms with Crippen LogP contribution < -0.4 is 10.5 Å². The average Bonchev–Trinajstić information content (AvgIpc) is 2.21. The molecule has 0 aromatic heterocycles. The Morgan fingerprint density at radius 2 is 2.24 bits per heavy atom. The van der Waals surface area contributed by atoms with Crippen LogP contribution in [0.25, 0.3) is 0 Å². The van der Waals surface area contributed by atoms with Crippen LogP contribution in [0.4, 0.5) is 5.69 Å². The van der Waals surface area contributed by atoms with E-state index in [2.05, 4.69) is 10.5 Å². The molecule has 0 saturated heterocycles. The number of hydrazone groups is 1. The zero-order valence-corrected chi connectivity index (χ0v) is 9.39. The minimum atomic E-state index is -0.829. The topological polar surface area (TPSA) is 108 Å². The number of hydrogen-bond acceptors (Lipinski definition) is 5. The van der Waals surface area contributed by atoms with Gasteiger partial charge < -0.3 is 5.11 Å². The third-order valence-corrected chi connectivity index (χ3v) is 1.90. The Morgan fingerprint density at radius 3 is 2.76 bits per heavy atom. The van der Waals surface area contributed by atoms with Gasteiger partial charge in [0.25, 0.3) is 5.69 Å². The van der Waals surface area contributed by atoms with E-state index in [1.165, 1.54) is 13.0 Å². The van der Waals surface area contributed by atoms with E-state index in [0.717, 1.165) is 12.3 Å². The Hall–Kier alpha value is -2.15. The highest BCUT2D eigenvalue weighted by atomic mass is 35.5. The SMILES string of the molecule is CC(=O)N/N=C\c1cc(Cl)cc([N+](=O)[O-])c1[O-]. The van der Waals surface area contributed by atoms with Gasteiger partial charge >= 0.3 is 0 Å². The molecule has 1 N–H and O–H groups in total. The van der Waals surface area contributed by atoms with Gasteiger partial charge in [0.15, 0.2) is 0 Å². The monoisotopic (exact) mass is 256 g/mol. The normalized spacial score (nSPS) is 10.5. The van der Waals surface area contributed by atoms with Crippen molar-refractivity contribution in [1.82, 2.24) is 5.43 Å². The Kier molecular flexibility index (Phi) is 4.00. The molecule has 0 aliphatic carbocycles. The van der Waals surface area contributed by atoms with E-state index < -0.39 is 22.3 Å². The van der Waals surface area contributed by atoms with Gasteiger partial charge in [0, 0.05) is 18.0 Å². The van der Waals surface area contributed by atoms with Crippen molar-refractivity contribution in [2.45, 2.75) is 6.92 Å². The van der Waals surface area contributed by atoms with Gasteiger partial charge in [-0.2, -0.15) is 5.10 Å². The van der Waals surface area contributed by atoms with Crippen LogP contribution in [-0.4, -0.2) is 17.0 Å². The highest BCUT2D eigenvalue weighted by Gasteiger charge is 2.11. The molecule has 1 aromatic rings. The largest absolute Gasteiger partial charge is 0.867 e. The molecule has 7 nitrogen and oxygen atoms in total. The molecule has 0 heterocycles. The Morgan fingerprint density at radius 1 is 1.59 bits per heavy atom. The standard InChI is InChI=1S/C9H8ClN3O4/c1-5(14)12-11-4-6-2-7(10)3-8(9(6)15)13(16)17/h2-4,15H,1H3,(H,12,14)/p-1/b11-4-. The van der Waals surface area contributed by atoms with Crippen molar-refractivity contribution >= 4 is 29.4 Å².